The molecular weight excluding hydrogens is 438 g/mol. The number of sulfonamides is 1. The molecule has 2 aliphatic heterocycles. The summed E-state index contributed by atoms with van der Waals surface area (Å²) in [5.74, 6) is 0.366. The molecule has 1 N–H and O–H groups in total. The molecule has 4 rings (SSSR count). The summed E-state index contributed by atoms with van der Waals surface area (Å²) in [4.78, 5) is 4.79. The third-order valence-corrected chi connectivity index (χ3v) is 8.31. The Morgan fingerprint density at radius 1 is 1.09 bits per heavy atom. The second kappa shape index (κ2) is 10.0. The fraction of sp³-hybridized carbons (Fsp3) is 0.520. The number of fused-ring (bicyclic) bond motifs is 1. The van der Waals surface area contributed by atoms with Gasteiger partial charge < -0.3 is 14.4 Å². The largest absolute Gasteiger partial charge is 0.495 e. The molecule has 1 fully saturated rings. The van der Waals surface area contributed by atoms with E-state index in [9.17, 15) is 8.42 Å². The molecule has 1 atom stereocenters. The van der Waals surface area contributed by atoms with Crippen molar-refractivity contribution in [2.45, 2.75) is 37.6 Å². The highest BCUT2D eigenvalue weighted by Crippen LogP contribution is 2.32. The highest BCUT2D eigenvalue weighted by Gasteiger charge is 2.28. The zero-order chi connectivity index (χ0) is 23.6. The Balaban J connectivity index is 1.62. The quantitative estimate of drug-likeness (QED) is 0.667. The van der Waals surface area contributed by atoms with E-state index in [1.807, 2.05) is 13.8 Å². The summed E-state index contributed by atoms with van der Waals surface area (Å²) in [7, 11) is -0.120. The van der Waals surface area contributed by atoms with Gasteiger partial charge in [0.1, 0.15) is 10.6 Å². The third-order valence-electron chi connectivity index (χ3n) is 6.86. The van der Waals surface area contributed by atoms with E-state index in [2.05, 4.69) is 39.8 Å². The molecule has 1 saturated heterocycles. The van der Waals surface area contributed by atoms with Crippen LogP contribution in [0.3, 0.4) is 0 Å². The molecule has 0 unspecified atom stereocenters. The maximum atomic E-state index is 13.3. The van der Waals surface area contributed by atoms with Crippen LogP contribution in [-0.4, -0.2) is 66.9 Å². The zero-order valence-electron chi connectivity index (χ0n) is 20.1. The minimum atomic E-state index is -3.75. The Labute approximate surface area is 197 Å². The highest BCUT2D eigenvalue weighted by molar-refractivity contribution is 7.89. The Morgan fingerprint density at radius 3 is 2.55 bits per heavy atom. The van der Waals surface area contributed by atoms with Crippen molar-refractivity contribution in [2.75, 3.05) is 58.5 Å². The Morgan fingerprint density at radius 2 is 1.82 bits per heavy atom. The second-order valence-electron chi connectivity index (χ2n) is 9.02. The molecule has 33 heavy (non-hydrogen) atoms. The summed E-state index contributed by atoms with van der Waals surface area (Å²) in [6, 6.07) is 9.98. The van der Waals surface area contributed by atoms with Crippen molar-refractivity contribution in [3.63, 3.8) is 0 Å². The van der Waals surface area contributed by atoms with Crippen molar-refractivity contribution in [3.8, 4) is 5.75 Å². The number of anilines is 1. The molecule has 2 heterocycles. The first-order chi connectivity index (χ1) is 15.8. The molecule has 0 radical (unpaired) electrons. The lowest BCUT2D eigenvalue weighted by Gasteiger charge is -2.36. The number of hydrogen-bond acceptors (Lipinski definition) is 6. The molecule has 0 aromatic heterocycles. The van der Waals surface area contributed by atoms with E-state index in [4.69, 9.17) is 9.47 Å². The number of morpholine rings is 1. The average Bonchev–Trinajstić information content (AvgIpc) is 2.81. The lowest BCUT2D eigenvalue weighted by atomic mass is 9.96. The van der Waals surface area contributed by atoms with Crippen LogP contribution in [0.1, 0.15) is 34.7 Å². The van der Waals surface area contributed by atoms with Crippen molar-refractivity contribution < 1.29 is 17.9 Å². The standard InChI is InChI=1S/C25H35N3O4S/c1-18-14-24(31-4)25(15-19(18)2)33(29,30)26-17-23(28-10-12-32-13-11-28)21-7-8-22-20(16-21)6-5-9-27(22)3/h7-8,14-16,23,26H,5-6,9-13,17H2,1-4H3/t23-/m1/s1. The molecule has 2 aromatic rings. The molecule has 0 amide bonds. The molecule has 2 aromatic carbocycles. The first kappa shape index (κ1) is 24.0. The van der Waals surface area contributed by atoms with Gasteiger partial charge in [-0.1, -0.05) is 12.1 Å². The van der Waals surface area contributed by atoms with Crippen LogP contribution in [0.15, 0.2) is 35.2 Å². The highest BCUT2D eigenvalue weighted by atomic mass is 32.2. The van der Waals surface area contributed by atoms with Crippen LogP contribution in [0.2, 0.25) is 0 Å². The zero-order valence-corrected chi connectivity index (χ0v) is 20.9. The van der Waals surface area contributed by atoms with Gasteiger partial charge in [-0.3, -0.25) is 4.90 Å². The molecule has 8 heteroatoms. The van der Waals surface area contributed by atoms with Gasteiger partial charge in [-0.15, -0.1) is 0 Å². The Kier molecular flexibility index (Phi) is 7.28. The van der Waals surface area contributed by atoms with E-state index >= 15 is 0 Å². The number of ether oxygens (including phenoxy) is 2. The maximum Gasteiger partial charge on any atom is 0.244 e. The summed E-state index contributed by atoms with van der Waals surface area (Å²) < 4.78 is 40.5. The lowest BCUT2D eigenvalue weighted by molar-refractivity contribution is 0.0172. The van der Waals surface area contributed by atoms with Crippen LogP contribution in [0.4, 0.5) is 5.69 Å². The first-order valence-corrected chi connectivity index (χ1v) is 13.1. The molecule has 0 spiro atoms. The predicted molar refractivity (Wildman–Crippen MR) is 131 cm³/mol. The molecule has 0 saturated carbocycles. The summed E-state index contributed by atoms with van der Waals surface area (Å²) >= 11 is 0. The second-order valence-corrected chi connectivity index (χ2v) is 10.8. The normalized spacial score (nSPS) is 18.1. The lowest BCUT2D eigenvalue weighted by Crippen LogP contribution is -2.44. The van der Waals surface area contributed by atoms with Crippen molar-refractivity contribution in [1.82, 2.24) is 9.62 Å². The van der Waals surface area contributed by atoms with Gasteiger partial charge >= 0.3 is 0 Å². The summed E-state index contributed by atoms with van der Waals surface area (Å²) in [6.45, 7) is 8.07. The molecule has 180 valence electrons. The summed E-state index contributed by atoms with van der Waals surface area (Å²) in [5, 5.41) is 0. The molecule has 7 nitrogen and oxygen atoms in total. The number of nitrogens with one attached hydrogen (secondary N) is 1. The van der Waals surface area contributed by atoms with Gasteiger partial charge in [0.05, 0.1) is 20.3 Å². The van der Waals surface area contributed by atoms with Gasteiger partial charge in [0.15, 0.2) is 0 Å². The van der Waals surface area contributed by atoms with Gasteiger partial charge in [-0.2, -0.15) is 0 Å². The van der Waals surface area contributed by atoms with E-state index in [-0.39, 0.29) is 17.5 Å². The van der Waals surface area contributed by atoms with E-state index in [0.29, 0.717) is 19.0 Å². The number of rotatable bonds is 7. The van der Waals surface area contributed by atoms with Crippen LogP contribution >= 0.6 is 0 Å². The monoisotopic (exact) mass is 473 g/mol. The number of methoxy groups -OCH3 is 1. The van der Waals surface area contributed by atoms with Crippen molar-refractivity contribution >= 4 is 15.7 Å². The van der Waals surface area contributed by atoms with Crippen LogP contribution < -0.4 is 14.4 Å². The number of aryl methyl sites for hydroxylation is 3. The molecular formula is C25H35N3O4S. The van der Waals surface area contributed by atoms with Gasteiger partial charge in [-0.25, -0.2) is 13.1 Å². The topological polar surface area (TPSA) is 71.1 Å². The van der Waals surface area contributed by atoms with Crippen LogP contribution in [0.25, 0.3) is 0 Å². The molecule has 0 aliphatic carbocycles. The molecule has 2 aliphatic rings. The maximum absolute atomic E-state index is 13.3. The van der Waals surface area contributed by atoms with Gasteiger partial charge in [0.2, 0.25) is 10.0 Å². The van der Waals surface area contributed by atoms with Gasteiger partial charge in [-0.05, 0) is 67.1 Å². The minimum absolute atomic E-state index is 0.0706. The van der Waals surface area contributed by atoms with E-state index < -0.39 is 10.0 Å². The SMILES string of the molecule is COc1cc(C)c(C)cc1S(=O)(=O)NC[C@H](c1ccc2c(c1)CCCN2C)N1CCOCC1. The van der Waals surface area contributed by atoms with Crippen LogP contribution in [-0.2, 0) is 21.2 Å². The molecule has 0 bridgehead atoms. The fourth-order valence-corrected chi connectivity index (χ4v) is 6.03. The van der Waals surface area contributed by atoms with Crippen molar-refractivity contribution in [3.05, 3.63) is 52.6 Å². The number of hydrogen-bond donors (Lipinski definition) is 1. The smallest absolute Gasteiger partial charge is 0.244 e. The minimum Gasteiger partial charge on any atom is -0.495 e. The van der Waals surface area contributed by atoms with Crippen molar-refractivity contribution in [2.24, 2.45) is 0 Å². The third kappa shape index (κ3) is 5.19. The first-order valence-electron chi connectivity index (χ1n) is 11.6. The van der Waals surface area contributed by atoms with E-state index in [0.717, 1.165) is 49.2 Å². The van der Waals surface area contributed by atoms with E-state index in [1.54, 1.807) is 12.1 Å². The van der Waals surface area contributed by atoms with Crippen molar-refractivity contribution in [1.29, 1.82) is 0 Å². The number of nitrogens with zero attached hydrogens (tertiary/aromatic N) is 2. The van der Waals surface area contributed by atoms with E-state index in [1.165, 1.54) is 18.4 Å². The Bertz CT molecular complexity index is 1100. The van der Waals surface area contributed by atoms with Crippen LogP contribution in [0.5, 0.6) is 5.75 Å². The van der Waals surface area contributed by atoms with Gasteiger partial charge in [0, 0.05) is 45.0 Å². The van der Waals surface area contributed by atoms with Crippen LogP contribution in [0, 0.1) is 13.8 Å². The average molecular weight is 474 g/mol. The predicted octanol–water partition coefficient (Wildman–Crippen LogP) is 3.05. The Hall–Kier alpha value is -2.13. The fourth-order valence-electron chi connectivity index (χ4n) is 4.76. The summed E-state index contributed by atoms with van der Waals surface area (Å²) in [6.07, 6.45) is 2.18. The summed E-state index contributed by atoms with van der Waals surface area (Å²) in [5.41, 5.74) is 5.65. The number of benzene rings is 2. The van der Waals surface area contributed by atoms with Gasteiger partial charge in [0.25, 0.3) is 0 Å².